The first kappa shape index (κ1) is 15.5. The summed E-state index contributed by atoms with van der Waals surface area (Å²) >= 11 is 6.25. The lowest BCUT2D eigenvalue weighted by Gasteiger charge is -2.22. The quantitative estimate of drug-likeness (QED) is 0.791. The van der Waals surface area contributed by atoms with Crippen LogP contribution in [0.4, 0.5) is 0 Å². The fraction of sp³-hybridized carbons (Fsp3) is 0.769. The average molecular weight is 274 g/mol. The van der Waals surface area contributed by atoms with Crippen molar-refractivity contribution in [2.75, 3.05) is 26.8 Å². The van der Waals surface area contributed by atoms with Crippen molar-refractivity contribution in [1.82, 2.24) is 15.1 Å². The zero-order valence-corrected chi connectivity index (χ0v) is 12.5. The lowest BCUT2D eigenvalue weighted by atomic mass is 9.92. The Hall–Kier alpha value is -0.580. The van der Waals surface area contributed by atoms with Gasteiger partial charge in [-0.15, -0.1) is 0 Å². The van der Waals surface area contributed by atoms with E-state index in [1.165, 1.54) is 0 Å². The molecule has 18 heavy (non-hydrogen) atoms. The van der Waals surface area contributed by atoms with Crippen LogP contribution in [-0.2, 0) is 11.3 Å². The van der Waals surface area contributed by atoms with Crippen LogP contribution in [0.2, 0.25) is 5.02 Å². The van der Waals surface area contributed by atoms with E-state index in [0.29, 0.717) is 18.4 Å². The highest BCUT2D eigenvalue weighted by atomic mass is 35.5. The third-order valence-corrected chi connectivity index (χ3v) is 3.63. The molecule has 5 heteroatoms. The van der Waals surface area contributed by atoms with Crippen LogP contribution in [0.5, 0.6) is 0 Å². The summed E-state index contributed by atoms with van der Waals surface area (Å²) in [6, 6.07) is 0. The Morgan fingerprint density at radius 1 is 1.50 bits per heavy atom. The third kappa shape index (κ3) is 3.97. The molecule has 1 N–H and O–H groups in total. The van der Waals surface area contributed by atoms with Crippen molar-refractivity contribution < 1.29 is 4.74 Å². The Bertz CT molecular complexity index is 354. The standard InChI is InChI=1S/C13H24ClN3O/c1-5-15-8-10(2)11(3)13-12(14)9-16-17(13)6-7-18-4/h9-11,15H,5-8H2,1-4H3. The van der Waals surface area contributed by atoms with E-state index < -0.39 is 0 Å². The van der Waals surface area contributed by atoms with Crippen molar-refractivity contribution in [3.8, 4) is 0 Å². The molecule has 0 aliphatic rings. The summed E-state index contributed by atoms with van der Waals surface area (Å²) in [7, 11) is 1.70. The van der Waals surface area contributed by atoms with E-state index in [4.69, 9.17) is 16.3 Å². The van der Waals surface area contributed by atoms with E-state index in [-0.39, 0.29) is 0 Å². The van der Waals surface area contributed by atoms with Gasteiger partial charge >= 0.3 is 0 Å². The monoisotopic (exact) mass is 273 g/mol. The van der Waals surface area contributed by atoms with Crippen molar-refractivity contribution in [2.24, 2.45) is 5.92 Å². The number of nitrogens with one attached hydrogen (secondary N) is 1. The summed E-state index contributed by atoms with van der Waals surface area (Å²) in [5, 5.41) is 8.45. The minimum Gasteiger partial charge on any atom is -0.383 e. The van der Waals surface area contributed by atoms with Gasteiger partial charge in [-0.25, -0.2) is 0 Å². The molecule has 1 aromatic rings. The van der Waals surface area contributed by atoms with Crippen molar-refractivity contribution in [3.05, 3.63) is 16.9 Å². The van der Waals surface area contributed by atoms with Gasteiger partial charge in [0.15, 0.2) is 0 Å². The molecule has 0 aromatic carbocycles. The van der Waals surface area contributed by atoms with Crippen LogP contribution in [0.3, 0.4) is 0 Å². The molecular weight excluding hydrogens is 250 g/mol. The second-order valence-electron chi connectivity index (χ2n) is 4.67. The van der Waals surface area contributed by atoms with Crippen molar-refractivity contribution in [2.45, 2.75) is 33.2 Å². The predicted octanol–water partition coefficient (Wildman–Crippen LogP) is 2.53. The molecule has 2 atom stereocenters. The maximum Gasteiger partial charge on any atom is 0.0820 e. The summed E-state index contributed by atoms with van der Waals surface area (Å²) in [5.74, 6) is 0.886. The van der Waals surface area contributed by atoms with Gasteiger partial charge in [0.1, 0.15) is 0 Å². The van der Waals surface area contributed by atoms with Gasteiger partial charge in [-0.3, -0.25) is 4.68 Å². The highest BCUT2D eigenvalue weighted by molar-refractivity contribution is 6.31. The summed E-state index contributed by atoms with van der Waals surface area (Å²) in [5.41, 5.74) is 1.11. The first-order chi connectivity index (χ1) is 8.61. The molecule has 0 fully saturated rings. The number of halogens is 1. The van der Waals surface area contributed by atoms with Gasteiger partial charge in [0.05, 0.1) is 30.1 Å². The molecule has 0 radical (unpaired) electrons. The Morgan fingerprint density at radius 3 is 2.83 bits per heavy atom. The Morgan fingerprint density at radius 2 is 2.22 bits per heavy atom. The molecule has 1 rings (SSSR count). The zero-order valence-electron chi connectivity index (χ0n) is 11.7. The summed E-state index contributed by atoms with van der Waals surface area (Å²) in [6.45, 7) is 9.94. The lowest BCUT2D eigenvalue weighted by Crippen LogP contribution is -2.25. The number of hydrogen-bond acceptors (Lipinski definition) is 3. The minimum atomic E-state index is 0.371. The molecule has 0 aliphatic heterocycles. The van der Waals surface area contributed by atoms with E-state index >= 15 is 0 Å². The average Bonchev–Trinajstić information content (AvgIpc) is 2.73. The molecular formula is C13H24ClN3O. The van der Waals surface area contributed by atoms with Crippen LogP contribution in [0.25, 0.3) is 0 Å². The molecule has 1 aromatic heterocycles. The molecule has 0 aliphatic carbocycles. The topological polar surface area (TPSA) is 39.1 Å². The van der Waals surface area contributed by atoms with E-state index in [1.807, 2.05) is 4.68 Å². The normalized spacial score (nSPS) is 14.7. The molecule has 4 nitrogen and oxygen atoms in total. The molecule has 0 amide bonds. The lowest BCUT2D eigenvalue weighted by molar-refractivity contribution is 0.181. The van der Waals surface area contributed by atoms with E-state index in [0.717, 1.165) is 30.4 Å². The number of nitrogens with zero attached hydrogens (tertiary/aromatic N) is 2. The summed E-state index contributed by atoms with van der Waals surface area (Å²) < 4.78 is 7.06. The van der Waals surface area contributed by atoms with Gasteiger partial charge in [0.25, 0.3) is 0 Å². The van der Waals surface area contributed by atoms with Gasteiger partial charge in [-0.1, -0.05) is 32.4 Å². The fourth-order valence-electron chi connectivity index (χ4n) is 2.00. The largest absolute Gasteiger partial charge is 0.383 e. The maximum atomic E-state index is 6.25. The highest BCUT2D eigenvalue weighted by Crippen LogP contribution is 2.29. The van der Waals surface area contributed by atoms with E-state index in [1.54, 1.807) is 13.3 Å². The molecule has 1 heterocycles. The highest BCUT2D eigenvalue weighted by Gasteiger charge is 2.21. The number of ether oxygens (including phenoxy) is 1. The minimum absolute atomic E-state index is 0.371. The first-order valence-electron chi connectivity index (χ1n) is 6.52. The molecule has 0 saturated carbocycles. The number of hydrogen-bond donors (Lipinski definition) is 1. The molecule has 0 saturated heterocycles. The molecule has 0 bridgehead atoms. The van der Waals surface area contributed by atoms with Gasteiger partial charge < -0.3 is 10.1 Å². The van der Waals surface area contributed by atoms with Gasteiger partial charge in [-0.05, 0) is 19.0 Å². The number of aromatic nitrogens is 2. The van der Waals surface area contributed by atoms with Crippen LogP contribution in [0.15, 0.2) is 6.20 Å². The number of rotatable bonds is 8. The van der Waals surface area contributed by atoms with Crippen LogP contribution in [-0.4, -0.2) is 36.6 Å². The van der Waals surface area contributed by atoms with E-state index in [9.17, 15) is 0 Å². The van der Waals surface area contributed by atoms with Gasteiger partial charge in [-0.2, -0.15) is 5.10 Å². The molecule has 0 spiro atoms. The smallest absolute Gasteiger partial charge is 0.0820 e. The van der Waals surface area contributed by atoms with Crippen LogP contribution < -0.4 is 5.32 Å². The second-order valence-corrected chi connectivity index (χ2v) is 5.07. The van der Waals surface area contributed by atoms with Crippen LogP contribution in [0.1, 0.15) is 32.4 Å². The van der Waals surface area contributed by atoms with Crippen molar-refractivity contribution in [3.63, 3.8) is 0 Å². The number of methoxy groups -OCH3 is 1. The summed E-state index contributed by atoms with van der Waals surface area (Å²) in [6.07, 6.45) is 1.73. The van der Waals surface area contributed by atoms with E-state index in [2.05, 4.69) is 31.2 Å². The predicted molar refractivity (Wildman–Crippen MR) is 75.2 cm³/mol. The Kier molecular flexibility index (Phi) is 6.68. The molecule has 2 unspecified atom stereocenters. The Labute approximate surface area is 115 Å². The van der Waals surface area contributed by atoms with Crippen LogP contribution in [0, 0.1) is 5.92 Å². The SMILES string of the molecule is CCNCC(C)C(C)c1c(Cl)cnn1CCOC. The molecule has 104 valence electrons. The van der Waals surface area contributed by atoms with Crippen molar-refractivity contribution >= 4 is 11.6 Å². The fourth-order valence-corrected chi connectivity index (χ4v) is 2.31. The zero-order chi connectivity index (χ0) is 13.5. The van der Waals surface area contributed by atoms with Gasteiger partial charge in [0.2, 0.25) is 0 Å². The Balaban J connectivity index is 2.76. The van der Waals surface area contributed by atoms with Gasteiger partial charge in [0, 0.05) is 13.0 Å². The van der Waals surface area contributed by atoms with Crippen LogP contribution >= 0.6 is 11.6 Å². The first-order valence-corrected chi connectivity index (χ1v) is 6.90. The summed E-state index contributed by atoms with van der Waals surface area (Å²) in [4.78, 5) is 0. The second kappa shape index (κ2) is 7.77. The van der Waals surface area contributed by atoms with Crippen molar-refractivity contribution in [1.29, 1.82) is 0 Å². The maximum absolute atomic E-state index is 6.25. The third-order valence-electron chi connectivity index (χ3n) is 3.34.